The van der Waals surface area contributed by atoms with Gasteiger partial charge in [0.15, 0.2) is 0 Å². The van der Waals surface area contributed by atoms with E-state index in [0.717, 1.165) is 17.7 Å². The third-order valence-electron chi connectivity index (χ3n) is 4.58. The van der Waals surface area contributed by atoms with Crippen molar-refractivity contribution in [1.29, 1.82) is 0 Å². The number of carbonyl (C=O) groups is 1. The summed E-state index contributed by atoms with van der Waals surface area (Å²) in [5.41, 5.74) is 3.13. The molecule has 1 atom stereocenters. The molecule has 0 radical (unpaired) electrons. The van der Waals surface area contributed by atoms with Crippen molar-refractivity contribution in [2.75, 3.05) is 6.61 Å². The van der Waals surface area contributed by atoms with Gasteiger partial charge in [0.25, 0.3) is 5.91 Å². The Morgan fingerprint density at radius 2 is 2.07 bits per heavy atom. The molecule has 0 aliphatic heterocycles. The lowest BCUT2D eigenvalue weighted by molar-refractivity contribution is 0.0912. The van der Waals surface area contributed by atoms with Crippen molar-refractivity contribution >= 4 is 5.91 Å². The zero-order valence-electron chi connectivity index (χ0n) is 17.3. The van der Waals surface area contributed by atoms with Crippen LogP contribution in [0, 0.1) is 13.8 Å². The van der Waals surface area contributed by atoms with Gasteiger partial charge in [-0.05, 0) is 38.5 Å². The molecule has 0 fully saturated rings. The van der Waals surface area contributed by atoms with Gasteiger partial charge in [0.05, 0.1) is 29.5 Å². The Kier molecular flexibility index (Phi) is 7.08. The van der Waals surface area contributed by atoms with Gasteiger partial charge in [-0.3, -0.25) is 4.79 Å². The first kappa shape index (κ1) is 21.4. The molecule has 0 saturated carbocycles. The minimum atomic E-state index is -0.281. The Hall–Kier alpha value is -3.33. The topological polar surface area (TPSA) is 123 Å². The number of carbonyl (C=O) groups excluding carboxylic acids is 1. The molecule has 0 aromatic carbocycles. The van der Waals surface area contributed by atoms with Gasteiger partial charge in [0, 0.05) is 12.3 Å². The molecule has 3 rings (SSSR count). The van der Waals surface area contributed by atoms with Gasteiger partial charge < -0.3 is 19.7 Å². The number of hydrogen-bond acceptors (Lipinski definition) is 8. The Bertz CT molecular complexity index is 970. The fraction of sp³-hybridized carbons (Fsp3) is 0.381. The van der Waals surface area contributed by atoms with Crippen LogP contribution in [0.15, 0.2) is 35.0 Å². The molecular formula is C21H25N5O4. The highest BCUT2D eigenvalue weighted by molar-refractivity contribution is 5.94. The molecule has 9 heteroatoms. The van der Waals surface area contributed by atoms with Crippen LogP contribution in [-0.4, -0.2) is 44.0 Å². The van der Waals surface area contributed by atoms with E-state index in [1.54, 1.807) is 19.1 Å². The van der Waals surface area contributed by atoms with E-state index < -0.39 is 0 Å². The first-order valence-corrected chi connectivity index (χ1v) is 9.78. The number of rotatable bonds is 9. The van der Waals surface area contributed by atoms with E-state index in [-0.39, 0.29) is 25.2 Å². The van der Waals surface area contributed by atoms with Crippen LogP contribution in [0.3, 0.4) is 0 Å². The van der Waals surface area contributed by atoms with Crippen LogP contribution in [0.4, 0.5) is 0 Å². The minimum absolute atomic E-state index is 0.0972. The summed E-state index contributed by atoms with van der Waals surface area (Å²) in [6.45, 7) is 5.74. The third kappa shape index (κ3) is 5.18. The van der Waals surface area contributed by atoms with Crippen molar-refractivity contribution in [1.82, 2.24) is 25.7 Å². The van der Waals surface area contributed by atoms with Gasteiger partial charge in [0.2, 0.25) is 5.88 Å². The SMILES string of the molecule is CCCC(CO)NC(=O)c1ccc(OCc2c(-c3ccc(C)nn3)noc2C)nc1. The standard InChI is InChI=1S/C21H25N5O4/c1-4-5-16(11-27)23-21(28)15-7-9-19(22-10-15)29-12-17-14(3)30-26-20(17)18-8-6-13(2)24-25-18/h6-10,16,27H,4-5,11-12H2,1-3H3,(H,23,28). The smallest absolute Gasteiger partial charge is 0.253 e. The van der Waals surface area contributed by atoms with Crippen LogP contribution >= 0.6 is 0 Å². The molecule has 3 aromatic rings. The van der Waals surface area contributed by atoms with E-state index in [2.05, 4.69) is 25.7 Å². The maximum atomic E-state index is 12.3. The molecule has 158 valence electrons. The van der Waals surface area contributed by atoms with Crippen molar-refractivity contribution in [2.24, 2.45) is 0 Å². The molecule has 9 nitrogen and oxygen atoms in total. The molecule has 0 aliphatic rings. The van der Waals surface area contributed by atoms with Crippen LogP contribution in [-0.2, 0) is 6.61 Å². The quantitative estimate of drug-likeness (QED) is 0.551. The summed E-state index contributed by atoms with van der Waals surface area (Å²) in [6.07, 6.45) is 3.02. The lowest BCUT2D eigenvalue weighted by Gasteiger charge is -2.15. The summed E-state index contributed by atoms with van der Waals surface area (Å²) < 4.78 is 11.1. The van der Waals surface area contributed by atoms with Crippen molar-refractivity contribution in [3.63, 3.8) is 0 Å². The fourth-order valence-corrected chi connectivity index (χ4v) is 2.86. The number of pyridine rings is 1. The number of aliphatic hydroxyl groups excluding tert-OH is 1. The van der Waals surface area contributed by atoms with Crippen molar-refractivity contribution in [2.45, 2.75) is 46.3 Å². The number of nitrogens with zero attached hydrogens (tertiary/aromatic N) is 4. The number of amides is 1. The number of aryl methyl sites for hydroxylation is 2. The Balaban J connectivity index is 1.65. The van der Waals surface area contributed by atoms with E-state index in [0.29, 0.717) is 35.0 Å². The molecule has 0 bridgehead atoms. The highest BCUT2D eigenvalue weighted by Crippen LogP contribution is 2.24. The normalized spacial score (nSPS) is 11.9. The lowest BCUT2D eigenvalue weighted by atomic mass is 10.1. The van der Waals surface area contributed by atoms with Crippen molar-refractivity contribution < 1.29 is 19.2 Å². The second-order valence-corrected chi connectivity index (χ2v) is 6.94. The second kappa shape index (κ2) is 9.93. The Labute approximate surface area is 174 Å². The highest BCUT2D eigenvalue weighted by atomic mass is 16.5. The summed E-state index contributed by atoms with van der Waals surface area (Å²) in [7, 11) is 0. The van der Waals surface area contributed by atoms with Gasteiger partial charge in [-0.2, -0.15) is 5.10 Å². The average molecular weight is 411 g/mol. The van der Waals surface area contributed by atoms with Crippen LogP contribution in [0.25, 0.3) is 11.4 Å². The molecule has 0 aliphatic carbocycles. The first-order chi connectivity index (χ1) is 14.5. The molecule has 3 heterocycles. The average Bonchev–Trinajstić information content (AvgIpc) is 3.13. The van der Waals surface area contributed by atoms with E-state index in [4.69, 9.17) is 9.26 Å². The largest absolute Gasteiger partial charge is 0.473 e. The summed E-state index contributed by atoms with van der Waals surface area (Å²) in [4.78, 5) is 16.5. The summed E-state index contributed by atoms with van der Waals surface area (Å²) >= 11 is 0. The second-order valence-electron chi connectivity index (χ2n) is 6.94. The highest BCUT2D eigenvalue weighted by Gasteiger charge is 2.18. The van der Waals surface area contributed by atoms with Gasteiger partial charge in [0.1, 0.15) is 23.8 Å². The molecule has 1 amide bonds. The fourth-order valence-electron chi connectivity index (χ4n) is 2.86. The predicted octanol–water partition coefficient (Wildman–Crippen LogP) is 2.61. The third-order valence-corrected chi connectivity index (χ3v) is 4.58. The number of aliphatic hydroxyl groups is 1. The minimum Gasteiger partial charge on any atom is -0.473 e. The van der Waals surface area contributed by atoms with Gasteiger partial charge in [-0.1, -0.05) is 18.5 Å². The number of ether oxygens (including phenoxy) is 1. The van der Waals surface area contributed by atoms with E-state index >= 15 is 0 Å². The summed E-state index contributed by atoms with van der Waals surface area (Å²) in [5, 5.41) is 24.4. The molecule has 0 saturated heterocycles. The molecule has 3 aromatic heterocycles. The first-order valence-electron chi connectivity index (χ1n) is 9.78. The molecule has 1 unspecified atom stereocenters. The number of hydrogen-bond donors (Lipinski definition) is 2. The van der Waals surface area contributed by atoms with Crippen LogP contribution in [0.2, 0.25) is 0 Å². The van der Waals surface area contributed by atoms with E-state index in [1.807, 2.05) is 26.0 Å². The zero-order valence-corrected chi connectivity index (χ0v) is 17.3. The molecule has 0 spiro atoms. The van der Waals surface area contributed by atoms with E-state index in [1.165, 1.54) is 6.20 Å². The molecule has 2 N–H and O–H groups in total. The lowest BCUT2D eigenvalue weighted by Crippen LogP contribution is -2.37. The van der Waals surface area contributed by atoms with Gasteiger partial charge >= 0.3 is 0 Å². The van der Waals surface area contributed by atoms with Gasteiger partial charge in [-0.15, -0.1) is 5.10 Å². The predicted molar refractivity (Wildman–Crippen MR) is 109 cm³/mol. The number of nitrogens with one attached hydrogen (secondary N) is 1. The number of aromatic nitrogens is 4. The molecular weight excluding hydrogens is 386 g/mol. The van der Waals surface area contributed by atoms with Crippen LogP contribution in [0.5, 0.6) is 5.88 Å². The molecule has 30 heavy (non-hydrogen) atoms. The Morgan fingerprint density at radius 3 is 2.70 bits per heavy atom. The van der Waals surface area contributed by atoms with Gasteiger partial charge in [-0.25, -0.2) is 4.98 Å². The summed E-state index contributed by atoms with van der Waals surface area (Å²) in [6, 6.07) is 6.66. The van der Waals surface area contributed by atoms with E-state index in [9.17, 15) is 9.90 Å². The Morgan fingerprint density at radius 1 is 1.23 bits per heavy atom. The van der Waals surface area contributed by atoms with Crippen LogP contribution < -0.4 is 10.1 Å². The van der Waals surface area contributed by atoms with Crippen molar-refractivity contribution in [3.8, 4) is 17.3 Å². The van der Waals surface area contributed by atoms with Crippen LogP contribution in [0.1, 0.15) is 47.1 Å². The zero-order chi connectivity index (χ0) is 21.5. The van der Waals surface area contributed by atoms with Crippen molar-refractivity contribution in [3.05, 3.63) is 53.0 Å². The monoisotopic (exact) mass is 411 g/mol. The summed E-state index contributed by atoms with van der Waals surface area (Å²) in [5.74, 6) is 0.700. The maximum Gasteiger partial charge on any atom is 0.253 e. The maximum absolute atomic E-state index is 12.3.